The minimum atomic E-state index is -0.316. The highest BCUT2D eigenvalue weighted by Crippen LogP contribution is 2.11. The van der Waals surface area contributed by atoms with Crippen LogP contribution in [0.3, 0.4) is 0 Å². The number of rotatable bonds is 7. The molecule has 24 heavy (non-hydrogen) atoms. The molecule has 0 radical (unpaired) electrons. The zero-order valence-corrected chi connectivity index (χ0v) is 14.1. The molecule has 0 bridgehead atoms. The second-order valence-corrected chi connectivity index (χ2v) is 5.43. The van der Waals surface area contributed by atoms with Gasteiger partial charge in [-0.25, -0.2) is 0 Å². The first kappa shape index (κ1) is 17.5. The van der Waals surface area contributed by atoms with E-state index in [2.05, 4.69) is 15.7 Å². The van der Waals surface area contributed by atoms with E-state index in [9.17, 15) is 9.59 Å². The molecule has 0 saturated heterocycles. The maximum Gasteiger partial charge on any atom is 0.269 e. The molecule has 2 amide bonds. The highest BCUT2D eigenvalue weighted by atomic mass is 16.5. The van der Waals surface area contributed by atoms with Crippen molar-refractivity contribution in [1.29, 1.82) is 0 Å². The molecule has 0 spiro atoms. The number of amides is 2. The Hall–Kier alpha value is -2.83. The lowest BCUT2D eigenvalue weighted by Gasteiger charge is -2.07. The topological polar surface area (TPSA) is 85.2 Å². The van der Waals surface area contributed by atoms with E-state index in [1.54, 1.807) is 20.2 Å². The third kappa shape index (κ3) is 4.84. The summed E-state index contributed by atoms with van der Waals surface area (Å²) in [6, 6.07) is 9.35. The van der Waals surface area contributed by atoms with Crippen molar-refractivity contribution in [2.24, 2.45) is 7.05 Å². The van der Waals surface area contributed by atoms with Crippen molar-refractivity contribution in [2.75, 3.05) is 20.2 Å². The van der Waals surface area contributed by atoms with Crippen LogP contribution in [0.5, 0.6) is 5.75 Å². The fraction of sp³-hybridized carbons (Fsp3) is 0.353. The van der Waals surface area contributed by atoms with Gasteiger partial charge in [0.05, 0.1) is 19.3 Å². The maximum atomic E-state index is 12.0. The van der Waals surface area contributed by atoms with Crippen LogP contribution < -0.4 is 15.4 Å². The van der Waals surface area contributed by atoms with Crippen LogP contribution in [-0.2, 0) is 18.3 Å². The molecule has 0 saturated carbocycles. The van der Waals surface area contributed by atoms with Crippen LogP contribution in [0.15, 0.2) is 30.3 Å². The molecule has 2 aromatic rings. The lowest BCUT2D eigenvalue weighted by molar-refractivity contribution is -0.120. The molecule has 7 nitrogen and oxygen atoms in total. The number of nitrogens with zero attached hydrogens (tertiary/aromatic N) is 2. The van der Waals surface area contributed by atoms with E-state index in [1.165, 1.54) is 4.68 Å². The van der Waals surface area contributed by atoms with Crippen molar-refractivity contribution in [1.82, 2.24) is 20.4 Å². The van der Waals surface area contributed by atoms with E-state index in [0.29, 0.717) is 18.7 Å². The van der Waals surface area contributed by atoms with Gasteiger partial charge in [0.1, 0.15) is 11.4 Å². The van der Waals surface area contributed by atoms with Crippen molar-refractivity contribution in [2.45, 2.75) is 13.3 Å². The van der Waals surface area contributed by atoms with Crippen LogP contribution >= 0.6 is 0 Å². The fourth-order valence-electron chi connectivity index (χ4n) is 2.28. The van der Waals surface area contributed by atoms with Gasteiger partial charge in [0.25, 0.3) is 5.91 Å². The number of hydrogen-bond donors (Lipinski definition) is 2. The number of hydrogen-bond acceptors (Lipinski definition) is 4. The molecule has 2 rings (SSSR count). The van der Waals surface area contributed by atoms with E-state index >= 15 is 0 Å². The van der Waals surface area contributed by atoms with Gasteiger partial charge in [-0.1, -0.05) is 12.1 Å². The number of aryl methyl sites for hydroxylation is 2. The molecular formula is C17H22N4O3. The summed E-state index contributed by atoms with van der Waals surface area (Å²) in [6.45, 7) is 2.25. The third-order valence-corrected chi connectivity index (χ3v) is 3.54. The first-order chi connectivity index (χ1) is 11.5. The average Bonchev–Trinajstić information content (AvgIpc) is 2.92. The van der Waals surface area contributed by atoms with Gasteiger partial charge in [-0.3, -0.25) is 14.3 Å². The largest absolute Gasteiger partial charge is 0.497 e. The summed E-state index contributed by atoms with van der Waals surface area (Å²) in [5.74, 6) is 0.259. The zero-order valence-electron chi connectivity index (χ0n) is 14.1. The molecule has 2 N–H and O–H groups in total. The summed E-state index contributed by atoms with van der Waals surface area (Å²) >= 11 is 0. The highest BCUT2D eigenvalue weighted by Gasteiger charge is 2.12. The van der Waals surface area contributed by atoms with Crippen molar-refractivity contribution >= 4 is 11.8 Å². The fourth-order valence-corrected chi connectivity index (χ4v) is 2.28. The Kier molecular flexibility index (Phi) is 5.95. The average molecular weight is 330 g/mol. The summed E-state index contributed by atoms with van der Waals surface area (Å²) in [5.41, 5.74) is 2.29. The molecule has 0 unspecified atom stereocenters. The number of aromatic nitrogens is 2. The molecule has 0 aliphatic heterocycles. The number of nitrogens with one attached hydrogen (secondary N) is 2. The zero-order chi connectivity index (χ0) is 17.5. The SMILES string of the molecule is COc1ccc(CCNC(=O)CNC(=O)c2cc(C)nn2C)cc1. The van der Waals surface area contributed by atoms with E-state index in [0.717, 1.165) is 17.0 Å². The molecule has 0 atom stereocenters. The first-order valence-corrected chi connectivity index (χ1v) is 7.68. The van der Waals surface area contributed by atoms with Crippen molar-refractivity contribution < 1.29 is 14.3 Å². The van der Waals surface area contributed by atoms with Gasteiger partial charge in [0.2, 0.25) is 5.91 Å². The molecule has 0 aliphatic carbocycles. The lowest BCUT2D eigenvalue weighted by Crippen LogP contribution is -2.38. The van der Waals surface area contributed by atoms with Gasteiger partial charge in [0, 0.05) is 13.6 Å². The monoisotopic (exact) mass is 330 g/mol. The normalized spacial score (nSPS) is 10.3. The van der Waals surface area contributed by atoms with Gasteiger partial charge < -0.3 is 15.4 Å². The van der Waals surface area contributed by atoms with Gasteiger partial charge in [-0.2, -0.15) is 5.10 Å². The molecule has 7 heteroatoms. The van der Waals surface area contributed by atoms with Crippen LogP contribution in [0, 0.1) is 6.92 Å². The lowest BCUT2D eigenvalue weighted by atomic mass is 10.1. The number of benzene rings is 1. The summed E-state index contributed by atoms with van der Waals surface area (Å²) in [7, 11) is 3.31. The Morgan fingerprint density at radius 2 is 1.92 bits per heavy atom. The van der Waals surface area contributed by atoms with E-state index in [-0.39, 0.29) is 18.4 Å². The highest BCUT2D eigenvalue weighted by molar-refractivity contribution is 5.95. The smallest absolute Gasteiger partial charge is 0.269 e. The van der Waals surface area contributed by atoms with Gasteiger partial charge in [-0.15, -0.1) is 0 Å². The summed E-state index contributed by atoms with van der Waals surface area (Å²) in [6.07, 6.45) is 0.713. The Labute approximate surface area is 141 Å². The maximum absolute atomic E-state index is 12.0. The van der Waals surface area contributed by atoms with Gasteiger partial charge in [-0.05, 0) is 37.1 Å². The van der Waals surface area contributed by atoms with E-state index in [4.69, 9.17) is 4.74 Å². The molecular weight excluding hydrogens is 308 g/mol. The predicted molar refractivity (Wildman–Crippen MR) is 90.0 cm³/mol. The molecule has 1 heterocycles. The van der Waals surface area contributed by atoms with Gasteiger partial charge in [0.15, 0.2) is 0 Å². The van der Waals surface area contributed by atoms with Crippen LogP contribution in [0.25, 0.3) is 0 Å². The minimum absolute atomic E-state index is 0.0638. The minimum Gasteiger partial charge on any atom is -0.497 e. The number of ether oxygens (including phenoxy) is 1. The van der Waals surface area contributed by atoms with E-state index < -0.39 is 0 Å². The predicted octanol–water partition coefficient (Wildman–Crippen LogP) is 0.826. The Morgan fingerprint density at radius 1 is 1.21 bits per heavy atom. The van der Waals surface area contributed by atoms with E-state index in [1.807, 2.05) is 31.2 Å². The van der Waals surface area contributed by atoms with Gasteiger partial charge >= 0.3 is 0 Å². The first-order valence-electron chi connectivity index (χ1n) is 7.68. The quantitative estimate of drug-likeness (QED) is 0.787. The van der Waals surface area contributed by atoms with Crippen molar-refractivity contribution in [3.63, 3.8) is 0 Å². The summed E-state index contributed by atoms with van der Waals surface area (Å²) < 4.78 is 6.59. The molecule has 1 aromatic heterocycles. The molecule has 0 fully saturated rings. The van der Waals surface area contributed by atoms with Crippen LogP contribution in [0.1, 0.15) is 21.7 Å². The second-order valence-electron chi connectivity index (χ2n) is 5.43. The van der Waals surface area contributed by atoms with Crippen LogP contribution in [-0.4, -0.2) is 41.8 Å². The molecule has 1 aromatic carbocycles. The Morgan fingerprint density at radius 3 is 2.50 bits per heavy atom. The summed E-state index contributed by atoms with van der Waals surface area (Å²) in [5, 5.41) is 9.47. The third-order valence-electron chi connectivity index (χ3n) is 3.54. The van der Waals surface area contributed by atoms with Crippen molar-refractivity contribution in [3.05, 3.63) is 47.3 Å². The van der Waals surface area contributed by atoms with Crippen LogP contribution in [0.4, 0.5) is 0 Å². The number of carbonyl (C=O) groups excluding carboxylic acids is 2. The van der Waals surface area contributed by atoms with Crippen LogP contribution in [0.2, 0.25) is 0 Å². The molecule has 128 valence electrons. The second kappa shape index (κ2) is 8.14. The summed E-state index contributed by atoms with van der Waals surface area (Å²) in [4.78, 5) is 23.8. The molecule has 0 aliphatic rings. The Balaban J connectivity index is 1.71. The number of carbonyl (C=O) groups is 2. The van der Waals surface area contributed by atoms with Crippen molar-refractivity contribution in [3.8, 4) is 5.75 Å². The standard InChI is InChI=1S/C17H22N4O3/c1-12-10-15(21(2)20-12)17(23)19-11-16(22)18-9-8-13-4-6-14(24-3)7-5-13/h4-7,10H,8-9,11H2,1-3H3,(H,18,22)(H,19,23). The number of methoxy groups -OCH3 is 1. The Bertz CT molecular complexity index is 707.